The van der Waals surface area contributed by atoms with Crippen LogP contribution in [0.25, 0.3) is 203 Å². The van der Waals surface area contributed by atoms with Crippen LogP contribution >= 0.6 is 0 Å². The third-order valence-electron chi connectivity index (χ3n) is 27.2. The lowest BCUT2D eigenvalue weighted by atomic mass is 9.33. The molecule has 0 spiro atoms. The van der Waals surface area contributed by atoms with Crippen LogP contribution in [-0.4, -0.2) is 20.4 Å². The number of hydrogen-bond acceptors (Lipinski definition) is 2. The minimum absolute atomic E-state index is 0.0419. The molecule has 5 nitrogen and oxygen atoms in total. The van der Waals surface area contributed by atoms with Crippen molar-refractivity contribution in [2.24, 2.45) is 0 Å². The third kappa shape index (κ3) is 12.0. The molecule has 134 heavy (non-hydrogen) atoms. The predicted octanol–water partition coefficient (Wildman–Crippen LogP) is 32.6. The van der Waals surface area contributed by atoms with Crippen LogP contribution in [0, 0.1) is 0 Å². The topological polar surface area (TPSA) is 21.3 Å². The van der Waals surface area contributed by atoms with E-state index in [1.54, 1.807) is 60.7 Å². The van der Waals surface area contributed by atoms with Gasteiger partial charge in [0, 0.05) is 94.4 Å². The van der Waals surface area contributed by atoms with Crippen molar-refractivity contribution >= 4 is 166 Å². The van der Waals surface area contributed by atoms with E-state index in [4.69, 9.17) is 0 Å². The van der Waals surface area contributed by atoms with Crippen LogP contribution < -0.4 is 26.2 Å². The van der Waals surface area contributed by atoms with Crippen LogP contribution in [0.15, 0.2) is 467 Å². The molecule has 626 valence electrons. The average Bonchev–Trinajstić information content (AvgIpc) is 0.953. The van der Waals surface area contributed by atoms with Gasteiger partial charge in [0.15, 0.2) is 0 Å². The molecule has 0 unspecified atom stereocenters. The molecule has 0 N–H and O–H groups in total. The first kappa shape index (κ1) is 59.2. The van der Waals surface area contributed by atoms with Gasteiger partial charge in [0.2, 0.25) is 0 Å². The van der Waals surface area contributed by atoms with Crippen LogP contribution in [0.2, 0.25) is 0 Å². The normalized spacial score (nSPS) is 14.6. The fourth-order valence-electron chi connectivity index (χ4n) is 21.1. The maximum Gasteiger partial charge on any atom is 0.252 e. The van der Waals surface area contributed by atoms with Gasteiger partial charge in [-0.2, -0.15) is 0 Å². The lowest BCUT2D eigenvalue weighted by molar-refractivity contribution is 0.591. The largest absolute Gasteiger partial charge is 0.310 e. The van der Waals surface area contributed by atoms with Crippen LogP contribution in [0.4, 0.5) is 34.1 Å². The van der Waals surface area contributed by atoms with Crippen molar-refractivity contribution in [3.8, 4) is 95.0 Å². The van der Waals surface area contributed by atoms with Crippen LogP contribution in [0.5, 0.6) is 0 Å². The Morgan fingerprint density at radius 1 is 0.224 bits per heavy atom. The zero-order chi connectivity index (χ0) is 106. The molecule has 5 heterocycles. The van der Waals surface area contributed by atoms with Gasteiger partial charge in [-0.3, -0.25) is 0 Å². The number of nitrogens with zero attached hydrogens (tertiary/aromatic N) is 5. The van der Waals surface area contributed by atoms with Gasteiger partial charge in [-0.15, -0.1) is 0 Å². The predicted molar refractivity (Wildman–Crippen MR) is 570 cm³/mol. The van der Waals surface area contributed by atoms with Crippen molar-refractivity contribution in [1.82, 2.24) is 13.7 Å². The molecule has 27 rings (SSSR count). The maximum atomic E-state index is 12.5. The van der Waals surface area contributed by atoms with Gasteiger partial charge in [0.25, 0.3) is 6.71 Å². The molecular weight excluding hydrogens is 1620 g/mol. The highest BCUT2D eigenvalue weighted by molar-refractivity contribution is 7.00. The molecule has 0 saturated carbocycles. The molecule has 0 amide bonds. The smallest absolute Gasteiger partial charge is 0.252 e. The molecule has 3 aromatic heterocycles. The Hall–Kier alpha value is -17.1. The van der Waals surface area contributed by atoms with Crippen LogP contribution in [-0.2, 0) is 5.41 Å². The number of para-hydroxylation sites is 5. The molecule has 0 radical (unpaired) electrons. The first-order valence-electron chi connectivity index (χ1n) is 55.1. The summed E-state index contributed by atoms with van der Waals surface area (Å²) >= 11 is 0. The number of benzene rings is 22. The summed E-state index contributed by atoms with van der Waals surface area (Å²) in [5.74, 6) is 0. The summed E-state index contributed by atoms with van der Waals surface area (Å²) in [4.78, 5) is 3.94. The molecule has 0 aliphatic carbocycles. The Bertz CT molecular complexity index is 10200. The summed E-state index contributed by atoms with van der Waals surface area (Å²) < 4.78 is 219. The zero-order valence-electron chi connectivity index (χ0n) is 92.7. The van der Waals surface area contributed by atoms with Crippen molar-refractivity contribution in [2.45, 2.75) is 26.2 Å². The monoisotopic (exact) mass is 1720 g/mol. The highest BCUT2D eigenvalue weighted by atomic mass is 15.2. The Labute approximate surface area is 805 Å². The number of hydrogen-bond donors (Lipinski definition) is 0. The molecule has 0 atom stereocenters. The Kier molecular flexibility index (Phi) is 13.4. The zero-order valence-corrected chi connectivity index (χ0v) is 72.7. The second-order valence-corrected chi connectivity index (χ2v) is 35.7. The Morgan fingerprint density at radius 3 is 1.05 bits per heavy atom. The summed E-state index contributed by atoms with van der Waals surface area (Å²) in [6.07, 6.45) is 0. The van der Waals surface area contributed by atoms with Gasteiger partial charge in [-0.05, 0) is 247 Å². The fraction of sp³-hybridized carbons (Fsp3) is 0.0312. The lowest BCUT2D eigenvalue weighted by Gasteiger charge is -2.46. The summed E-state index contributed by atoms with van der Waals surface area (Å²) in [5, 5.41) is 8.05. The van der Waals surface area contributed by atoms with Crippen molar-refractivity contribution in [3.05, 3.63) is 472 Å². The molecule has 0 saturated heterocycles. The van der Waals surface area contributed by atoms with Gasteiger partial charge >= 0.3 is 0 Å². The molecule has 2 aliphatic rings. The van der Waals surface area contributed by atoms with E-state index < -0.39 is 144 Å². The number of aromatic nitrogens is 3. The molecule has 0 bridgehead atoms. The van der Waals surface area contributed by atoms with E-state index in [1.807, 2.05) is 186 Å². The average molecular weight is 1730 g/mol. The quantitative estimate of drug-likeness (QED) is 0.0898. The van der Waals surface area contributed by atoms with Crippen molar-refractivity contribution < 1.29 is 27.4 Å². The van der Waals surface area contributed by atoms with E-state index in [9.17, 15) is 27.4 Å². The van der Waals surface area contributed by atoms with E-state index >= 15 is 0 Å². The summed E-state index contributed by atoms with van der Waals surface area (Å²) in [6, 6.07) is 100. The molecule has 6 heteroatoms. The SMILES string of the molecule is [2H]c1c([2H])c(-n2c3c([2H])c([2H])c([2H])c([2H])c3c3c([2H])c(-c4ccccc4)c([2H])c([2H])c32)c([2H])c2c1B1c3c(cc(-c4ccc(-n5c6ccccc6c6ccccc65)cc4)cc3N(c3c(-c4cc5ccccc5c5ccccc45)cccc3-c3cc4ccccc4c4ccccc34)c3c([2H])c(-n4c5c([2H])c([2H])c([2H])c([2H])c5c5c([2H])c(-c6ccccc6)c([2H])c([2H])c54)c([2H])c([2H])c31)N2c1c(-c2ccccc2)cc(C(C)(C)C)cc1-c1ccccc1. The lowest BCUT2D eigenvalue weighted by Crippen LogP contribution is -2.61. The highest BCUT2D eigenvalue weighted by Gasteiger charge is 2.47. The minimum atomic E-state index is -1.74. The third-order valence-corrected chi connectivity index (χ3v) is 27.2. The van der Waals surface area contributed by atoms with E-state index in [0.717, 1.165) is 76.1 Å². The molecular formula is C128H86BN5. The molecule has 22 aromatic carbocycles. The van der Waals surface area contributed by atoms with Gasteiger partial charge in [-0.25, -0.2) is 0 Å². The number of fused-ring (bicyclic) bond motifs is 19. The van der Waals surface area contributed by atoms with Crippen molar-refractivity contribution in [1.29, 1.82) is 0 Å². The van der Waals surface area contributed by atoms with E-state index in [-0.39, 0.29) is 88.4 Å². The van der Waals surface area contributed by atoms with E-state index in [0.29, 0.717) is 83.6 Å². The Balaban J connectivity index is 0.897. The van der Waals surface area contributed by atoms with Gasteiger partial charge < -0.3 is 23.5 Å². The van der Waals surface area contributed by atoms with E-state index in [2.05, 4.69) is 135 Å². The van der Waals surface area contributed by atoms with Crippen LogP contribution in [0.1, 0.15) is 53.7 Å². The molecule has 25 aromatic rings. The van der Waals surface area contributed by atoms with E-state index in [1.165, 1.54) is 9.13 Å². The Morgan fingerprint density at radius 2 is 0.597 bits per heavy atom. The van der Waals surface area contributed by atoms with Crippen molar-refractivity contribution in [3.63, 3.8) is 0 Å². The summed E-state index contributed by atoms with van der Waals surface area (Å²) in [5.41, 5.74) is 8.10. The standard InChI is InChI=1S/C128H86BN5/c1-128(2,3)91-77-107(84-37-12-6-13-38-84)127(108(78-91)85-39-14-7-15-40-85)134-122-80-94(132-118-58-31-27-52-104(118)112-72-87(62-70-120(112)132)82-35-10-5-11-36-82)66-68-114(122)129-113-67-65-93(131-117-57-30-26-51-103(117)111-71-86(61-69-119(111)131)81-33-8-4-9-34-81)79-121(113)133(123-75-90(76-124(134)125(123)129)83-59-63-92(64-60-83)130-115-55-28-24-49-101(115)102-50-25-29-56-116(102)130)126-105(109-73-88-41-16-18-43-95(88)97-45-20-22-47-99(97)109)53-32-54-106(126)110-74-89-42-17-19-44-96(89)98-46-21-23-48-100(98)110/h4-80H,1-3H3/i26D,27D,30D,31D,51D,52D,57D,58D,61D,62D,65D,66D,67D,68D,69D,70D,71D,72D,79D,80D. The highest BCUT2D eigenvalue weighted by Crippen LogP contribution is 2.57. The van der Waals surface area contributed by atoms with Gasteiger partial charge in [0.1, 0.15) is 0 Å². The van der Waals surface area contributed by atoms with Gasteiger partial charge in [-0.1, -0.05) is 366 Å². The maximum absolute atomic E-state index is 12.5. The number of anilines is 6. The van der Waals surface area contributed by atoms with Crippen molar-refractivity contribution in [2.75, 3.05) is 9.80 Å². The fourth-order valence-corrected chi connectivity index (χ4v) is 21.1. The first-order valence-corrected chi connectivity index (χ1v) is 45.1. The minimum Gasteiger partial charge on any atom is -0.310 e. The van der Waals surface area contributed by atoms with Crippen LogP contribution in [0.3, 0.4) is 0 Å². The second kappa shape index (κ2) is 30.3. The second-order valence-electron chi connectivity index (χ2n) is 35.7. The van der Waals surface area contributed by atoms with Gasteiger partial charge in [0.05, 0.1) is 71.9 Å². The summed E-state index contributed by atoms with van der Waals surface area (Å²) in [7, 11) is 0. The first-order chi connectivity index (χ1) is 74.5. The molecule has 0 fully saturated rings. The number of rotatable bonds is 12. The molecule has 2 aliphatic heterocycles. The summed E-state index contributed by atoms with van der Waals surface area (Å²) in [6.45, 7) is 4.64.